The van der Waals surface area contributed by atoms with Crippen molar-refractivity contribution in [2.75, 3.05) is 5.32 Å². The van der Waals surface area contributed by atoms with Crippen LogP contribution in [0.3, 0.4) is 0 Å². The predicted molar refractivity (Wildman–Crippen MR) is 97.1 cm³/mol. The molecule has 0 radical (unpaired) electrons. The zero-order valence-electron chi connectivity index (χ0n) is 12.6. The van der Waals surface area contributed by atoms with Crippen LogP contribution in [0.5, 0.6) is 0 Å². The van der Waals surface area contributed by atoms with Crippen LogP contribution in [0.4, 0.5) is 11.5 Å². The second-order valence-electron chi connectivity index (χ2n) is 5.05. The Labute approximate surface area is 155 Å². The molecule has 0 amide bonds. The van der Waals surface area contributed by atoms with E-state index in [4.69, 9.17) is 16.0 Å². The highest BCUT2D eigenvalue weighted by Gasteiger charge is 2.12. The highest BCUT2D eigenvalue weighted by molar-refractivity contribution is 9.10. The normalized spacial score (nSPS) is 10.8. The minimum atomic E-state index is 0.175. The van der Waals surface area contributed by atoms with Gasteiger partial charge in [0.2, 0.25) is 5.89 Å². The van der Waals surface area contributed by atoms with Crippen LogP contribution in [-0.2, 0) is 0 Å². The lowest BCUT2D eigenvalue weighted by atomic mass is 10.2. The molecule has 0 aliphatic rings. The van der Waals surface area contributed by atoms with Crippen LogP contribution in [0.15, 0.2) is 63.6 Å². The Bertz CT molecular complexity index is 996. The van der Waals surface area contributed by atoms with Crippen LogP contribution >= 0.6 is 27.5 Å². The summed E-state index contributed by atoms with van der Waals surface area (Å²) in [5, 5.41) is 20.2. The van der Waals surface area contributed by atoms with Crippen molar-refractivity contribution in [1.29, 1.82) is 0 Å². The number of nitrogens with zero attached hydrogens (tertiary/aromatic N) is 5. The van der Waals surface area contributed by atoms with Crippen molar-refractivity contribution in [1.82, 2.24) is 25.2 Å². The minimum Gasteiger partial charge on any atom is -0.401 e. The smallest absolute Gasteiger partial charge is 0.361 e. The summed E-state index contributed by atoms with van der Waals surface area (Å²) < 4.78 is 6.62. The summed E-state index contributed by atoms with van der Waals surface area (Å²) in [6.07, 6.45) is 1.58. The number of hydrogen-bond acceptors (Lipinski definition) is 6. The SMILES string of the molecule is Clc1ccc(-c2nnc(-n3ncc(Nc4ccc(Br)cc4)n3)o2)cc1. The topological polar surface area (TPSA) is 81.7 Å². The monoisotopic (exact) mass is 416 g/mol. The first-order chi connectivity index (χ1) is 12.2. The summed E-state index contributed by atoms with van der Waals surface area (Å²) in [6.45, 7) is 0. The van der Waals surface area contributed by atoms with Gasteiger partial charge in [0.1, 0.15) is 0 Å². The van der Waals surface area contributed by atoms with Gasteiger partial charge in [-0.05, 0) is 48.5 Å². The Kier molecular flexibility index (Phi) is 4.21. The average molecular weight is 418 g/mol. The molecule has 0 fully saturated rings. The van der Waals surface area contributed by atoms with Crippen molar-refractivity contribution in [3.8, 4) is 17.5 Å². The number of halogens is 2. The first kappa shape index (κ1) is 15.8. The van der Waals surface area contributed by atoms with Crippen LogP contribution < -0.4 is 5.32 Å². The Balaban J connectivity index is 1.54. The van der Waals surface area contributed by atoms with Gasteiger partial charge in [-0.25, -0.2) is 0 Å². The summed E-state index contributed by atoms with van der Waals surface area (Å²) in [6, 6.07) is 15.0. The van der Waals surface area contributed by atoms with E-state index in [0.717, 1.165) is 15.7 Å². The molecule has 0 bridgehead atoms. The van der Waals surface area contributed by atoms with Gasteiger partial charge in [-0.15, -0.1) is 10.2 Å². The molecule has 124 valence electrons. The quantitative estimate of drug-likeness (QED) is 0.527. The summed E-state index contributed by atoms with van der Waals surface area (Å²) >= 11 is 9.27. The molecule has 0 unspecified atom stereocenters. The maximum atomic E-state index is 5.88. The third kappa shape index (κ3) is 3.54. The third-order valence-corrected chi connectivity index (χ3v) is 4.07. The van der Waals surface area contributed by atoms with E-state index in [1.165, 1.54) is 4.80 Å². The molecular weight excluding hydrogens is 408 g/mol. The van der Waals surface area contributed by atoms with Gasteiger partial charge in [-0.2, -0.15) is 5.10 Å². The number of benzene rings is 2. The van der Waals surface area contributed by atoms with E-state index in [1.54, 1.807) is 30.5 Å². The van der Waals surface area contributed by atoms with E-state index in [-0.39, 0.29) is 6.01 Å². The van der Waals surface area contributed by atoms with Gasteiger partial charge in [-0.1, -0.05) is 37.4 Å². The molecule has 0 atom stereocenters. The Morgan fingerprint density at radius 2 is 1.76 bits per heavy atom. The van der Waals surface area contributed by atoms with Gasteiger partial charge in [0.05, 0.1) is 6.20 Å². The fraction of sp³-hybridized carbons (Fsp3) is 0. The molecule has 9 heteroatoms. The van der Waals surface area contributed by atoms with Crippen LogP contribution in [0.25, 0.3) is 17.5 Å². The molecule has 0 aliphatic carbocycles. The molecule has 0 aliphatic heterocycles. The van der Waals surface area contributed by atoms with Crippen molar-refractivity contribution in [3.63, 3.8) is 0 Å². The zero-order chi connectivity index (χ0) is 17.2. The van der Waals surface area contributed by atoms with Gasteiger partial charge < -0.3 is 9.73 Å². The second kappa shape index (κ2) is 6.66. The first-order valence-electron chi connectivity index (χ1n) is 7.22. The van der Waals surface area contributed by atoms with E-state index in [9.17, 15) is 0 Å². The van der Waals surface area contributed by atoms with Crippen molar-refractivity contribution in [2.45, 2.75) is 0 Å². The molecule has 25 heavy (non-hydrogen) atoms. The van der Waals surface area contributed by atoms with Crippen LogP contribution in [0, 0.1) is 0 Å². The molecular formula is C16H10BrClN6O. The summed E-state index contributed by atoms with van der Waals surface area (Å²) in [5.41, 5.74) is 1.66. The molecule has 1 N–H and O–H groups in total. The van der Waals surface area contributed by atoms with E-state index in [2.05, 4.69) is 41.6 Å². The summed E-state index contributed by atoms with van der Waals surface area (Å²) in [4.78, 5) is 1.27. The van der Waals surface area contributed by atoms with Gasteiger partial charge in [-0.3, -0.25) is 0 Å². The molecule has 0 saturated heterocycles. The minimum absolute atomic E-state index is 0.175. The van der Waals surface area contributed by atoms with Gasteiger partial charge in [0.15, 0.2) is 5.82 Å². The van der Waals surface area contributed by atoms with E-state index in [1.807, 2.05) is 24.3 Å². The Hall–Kier alpha value is -2.71. The highest BCUT2D eigenvalue weighted by Crippen LogP contribution is 2.22. The van der Waals surface area contributed by atoms with Gasteiger partial charge in [0, 0.05) is 20.7 Å². The Morgan fingerprint density at radius 1 is 1.00 bits per heavy atom. The summed E-state index contributed by atoms with van der Waals surface area (Å²) in [7, 11) is 0. The average Bonchev–Trinajstić information content (AvgIpc) is 3.27. The number of rotatable bonds is 4. The lowest BCUT2D eigenvalue weighted by molar-refractivity contribution is 0.496. The second-order valence-corrected chi connectivity index (χ2v) is 6.40. The van der Waals surface area contributed by atoms with Crippen LogP contribution in [-0.4, -0.2) is 25.2 Å². The lowest BCUT2D eigenvalue weighted by Crippen LogP contribution is -1.99. The molecule has 0 spiro atoms. The third-order valence-electron chi connectivity index (χ3n) is 3.29. The highest BCUT2D eigenvalue weighted by atomic mass is 79.9. The molecule has 4 rings (SSSR count). The van der Waals surface area contributed by atoms with Crippen molar-refractivity contribution < 1.29 is 4.42 Å². The maximum absolute atomic E-state index is 5.88. The fourth-order valence-electron chi connectivity index (χ4n) is 2.10. The molecule has 2 heterocycles. The number of anilines is 2. The predicted octanol–water partition coefficient (Wildman–Crippen LogP) is 4.48. The number of hydrogen-bond donors (Lipinski definition) is 1. The fourth-order valence-corrected chi connectivity index (χ4v) is 2.49. The maximum Gasteiger partial charge on any atom is 0.361 e. The largest absolute Gasteiger partial charge is 0.401 e. The first-order valence-corrected chi connectivity index (χ1v) is 8.39. The lowest BCUT2D eigenvalue weighted by Gasteiger charge is -2.01. The van der Waals surface area contributed by atoms with Gasteiger partial charge in [0.25, 0.3) is 0 Å². The zero-order valence-corrected chi connectivity index (χ0v) is 14.9. The number of aromatic nitrogens is 5. The van der Waals surface area contributed by atoms with Crippen LogP contribution in [0.2, 0.25) is 5.02 Å². The molecule has 2 aromatic carbocycles. The molecule has 7 nitrogen and oxygen atoms in total. The van der Waals surface area contributed by atoms with E-state index in [0.29, 0.717) is 16.7 Å². The Morgan fingerprint density at radius 3 is 2.52 bits per heavy atom. The van der Waals surface area contributed by atoms with E-state index < -0.39 is 0 Å². The molecule has 0 saturated carbocycles. The van der Waals surface area contributed by atoms with E-state index >= 15 is 0 Å². The number of nitrogens with one attached hydrogen (secondary N) is 1. The van der Waals surface area contributed by atoms with Crippen molar-refractivity contribution >= 4 is 39.0 Å². The molecule has 4 aromatic rings. The van der Waals surface area contributed by atoms with Crippen molar-refractivity contribution in [3.05, 3.63) is 64.2 Å². The standard InChI is InChI=1S/C16H10BrClN6O/c17-11-3-7-13(8-4-11)20-14-9-19-24(23-14)16-22-21-15(25-16)10-1-5-12(18)6-2-10/h1-9H,(H,20,23). The van der Waals surface area contributed by atoms with Crippen LogP contribution in [0.1, 0.15) is 0 Å². The van der Waals surface area contributed by atoms with Crippen molar-refractivity contribution in [2.24, 2.45) is 0 Å². The summed E-state index contributed by atoms with van der Waals surface area (Å²) in [5.74, 6) is 0.931. The van der Waals surface area contributed by atoms with Gasteiger partial charge >= 0.3 is 6.01 Å². The molecule has 2 aromatic heterocycles.